The molecule has 0 amide bonds. The SMILES string of the molecule is CCCn1c(C2(N)CCCC2)nc2cc(Br)ccc21. The van der Waals surface area contributed by atoms with Gasteiger partial charge in [0.25, 0.3) is 0 Å². The number of rotatable bonds is 3. The van der Waals surface area contributed by atoms with E-state index in [1.807, 2.05) is 0 Å². The lowest BCUT2D eigenvalue weighted by Gasteiger charge is -2.24. The summed E-state index contributed by atoms with van der Waals surface area (Å²) < 4.78 is 3.40. The van der Waals surface area contributed by atoms with Gasteiger partial charge >= 0.3 is 0 Å². The van der Waals surface area contributed by atoms with Gasteiger partial charge in [-0.3, -0.25) is 0 Å². The highest BCUT2D eigenvalue weighted by Crippen LogP contribution is 2.37. The van der Waals surface area contributed by atoms with E-state index in [4.69, 9.17) is 10.7 Å². The summed E-state index contributed by atoms with van der Waals surface area (Å²) in [4.78, 5) is 4.85. The molecule has 0 bridgehead atoms. The smallest absolute Gasteiger partial charge is 0.130 e. The number of nitrogens with two attached hydrogens (primary N) is 1. The molecule has 0 saturated heterocycles. The molecule has 1 saturated carbocycles. The highest BCUT2D eigenvalue weighted by Gasteiger charge is 2.36. The van der Waals surface area contributed by atoms with Crippen molar-refractivity contribution in [1.82, 2.24) is 9.55 Å². The van der Waals surface area contributed by atoms with Crippen LogP contribution in [0.5, 0.6) is 0 Å². The van der Waals surface area contributed by atoms with Crippen LogP contribution in [0.2, 0.25) is 0 Å². The Morgan fingerprint density at radius 2 is 2.11 bits per heavy atom. The first kappa shape index (κ1) is 13.1. The maximum atomic E-state index is 6.62. The molecule has 4 heteroatoms. The summed E-state index contributed by atoms with van der Waals surface area (Å²) in [5, 5.41) is 0. The molecule has 1 aromatic heterocycles. The minimum Gasteiger partial charge on any atom is -0.326 e. The normalized spacial score (nSPS) is 18.3. The average Bonchev–Trinajstić information content (AvgIpc) is 2.95. The first-order chi connectivity index (χ1) is 9.14. The van der Waals surface area contributed by atoms with Gasteiger partial charge < -0.3 is 10.3 Å². The minimum absolute atomic E-state index is 0.222. The van der Waals surface area contributed by atoms with Crippen LogP contribution in [0.25, 0.3) is 11.0 Å². The number of imidazole rings is 1. The van der Waals surface area contributed by atoms with Crippen LogP contribution in [0, 0.1) is 0 Å². The molecular formula is C15H20BrN3. The van der Waals surface area contributed by atoms with Crippen molar-refractivity contribution in [1.29, 1.82) is 0 Å². The summed E-state index contributed by atoms with van der Waals surface area (Å²) in [5.41, 5.74) is 8.65. The molecule has 0 atom stereocenters. The van der Waals surface area contributed by atoms with Crippen molar-refractivity contribution < 1.29 is 0 Å². The summed E-state index contributed by atoms with van der Waals surface area (Å²) in [6.07, 6.45) is 5.65. The van der Waals surface area contributed by atoms with Gasteiger partial charge in [0.1, 0.15) is 5.82 Å². The van der Waals surface area contributed by atoms with Crippen LogP contribution < -0.4 is 5.73 Å². The van der Waals surface area contributed by atoms with Crippen molar-refractivity contribution in [3.05, 3.63) is 28.5 Å². The van der Waals surface area contributed by atoms with Gasteiger partial charge in [-0.15, -0.1) is 0 Å². The number of hydrogen-bond acceptors (Lipinski definition) is 2. The molecule has 2 N–H and O–H groups in total. The van der Waals surface area contributed by atoms with Crippen LogP contribution in [0.4, 0.5) is 0 Å². The zero-order valence-corrected chi connectivity index (χ0v) is 12.9. The zero-order valence-electron chi connectivity index (χ0n) is 11.3. The van der Waals surface area contributed by atoms with Crippen LogP contribution >= 0.6 is 15.9 Å². The first-order valence-corrected chi connectivity index (χ1v) is 7.88. The monoisotopic (exact) mass is 321 g/mol. The fraction of sp³-hybridized carbons (Fsp3) is 0.533. The average molecular weight is 322 g/mol. The topological polar surface area (TPSA) is 43.8 Å². The Kier molecular flexibility index (Phi) is 3.39. The van der Waals surface area contributed by atoms with Gasteiger partial charge in [-0.1, -0.05) is 35.7 Å². The molecule has 19 heavy (non-hydrogen) atoms. The molecule has 1 aliphatic rings. The van der Waals surface area contributed by atoms with Crippen LogP contribution in [0.1, 0.15) is 44.9 Å². The first-order valence-electron chi connectivity index (χ1n) is 7.09. The molecule has 2 aromatic rings. The molecule has 1 fully saturated rings. The predicted molar refractivity (Wildman–Crippen MR) is 82.1 cm³/mol. The van der Waals surface area contributed by atoms with Crippen molar-refractivity contribution in [2.75, 3.05) is 0 Å². The molecule has 0 aliphatic heterocycles. The molecule has 102 valence electrons. The fourth-order valence-corrected chi connectivity index (χ4v) is 3.51. The summed E-state index contributed by atoms with van der Waals surface area (Å²) in [5.74, 6) is 1.08. The van der Waals surface area contributed by atoms with E-state index in [0.717, 1.165) is 41.6 Å². The fourth-order valence-electron chi connectivity index (χ4n) is 3.16. The number of benzene rings is 1. The van der Waals surface area contributed by atoms with Gasteiger partial charge in [0.15, 0.2) is 0 Å². The highest BCUT2D eigenvalue weighted by molar-refractivity contribution is 9.10. The lowest BCUT2D eigenvalue weighted by Crippen LogP contribution is -2.36. The van der Waals surface area contributed by atoms with E-state index < -0.39 is 0 Å². The highest BCUT2D eigenvalue weighted by atomic mass is 79.9. The predicted octanol–water partition coefficient (Wildman–Crippen LogP) is 3.94. The summed E-state index contributed by atoms with van der Waals surface area (Å²) in [6.45, 7) is 3.19. The molecule has 3 rings (SSSR count). The molecule has 3 nitrogen and oxygen atoms in total. The number of fused-ring (bicyclic) bond motifs is 1. The largest absolute Gasteiger partial charge is 0.326 e. The van der Waals surface area contributed by atoms with Gasteiger partial charge in [-0.2, -0.15) is 0 Å². The molecule has 1 heterocycles. The second-order valence-corrected chi connectivity index (χ2v) is 6.50. The van der Waals surface area contributed by atoms with Crippen molar-refractivity contribution in [3.8, 4) is 0 Å². The summed E-state index contributed by atoms with van der Waals surface area (Å²) >= 11 is 3.52. The Morgan fingerprint density at radius 3 is 2.79 bits per heavy atom. The van der Waals surface area contributed by atoms with Crippen molar-refractivity contribution >= 4 is 27.0 Å². The number of aromatic nitrogens is 2. The van der Waals surface area contributed by atoms with E-state index in [-0.39, 0.29) is 5.54 Å². The molecule has 1 aliphatic carbocycles. The van der Waals surface area contributed by atoms with E-state index in [0.29, 0.717) is 0 Å². The standard InChI is InChI=1S/C15H20BrN3/c1-2-9-19-13-6-5-11(16)10-12(13)18-14(19)15(17)7-3-4-8-15/h5-6,10H,2-4,7-9,17H2,1H3. The quantitative estimate of drug-likeness (QED) is 0.930. The molecule has 0 unspecified atom stereocenters. The van der Waals surface area contributed by atoms with Gasteiger partial charge in [0, 0.05) is 11.0 Å². The van der Waals surface area contributed by atoms with E-state index in [2.05, 4.69) is 45.6 Å². The maximum Gasteiger partial charge on any atom is 0.130 e. The number of halogens is 1. The van der Waals surface area contributed by atoms with Crippen molar-refractivity contribution in [3.63, 3.8) is 0 Å². The molecular weight excluding hydrogens is 302 g/mol. The molecule has 1 aromatic carbocycles. The lowest BCUT2D eigenvalue weighted by molar-refractivity contribution is 0.409. The van der Waals surface area contributed by atoms with E-state index in [1.165, 1.54) is 18.4 Å². The summed E-state index contributed by atoms with van der Waals surface area (Å²) in [6, 6.07) is 6.31. The van der Waals surface area contributed by atoms with Crippen molar-refractivity contribution in [2.24, 2.45) is 5.73 Å². The number of aryl methyl sites for hydroxylation is 1. The third kappa shape index (κ3) is 2.21. The summed E-state index contributed by atoms with van der Waals surface area (Å²) in [7, 11) is 0. The number of hydrogen-bond donors (Lipinski definition) is 1. The van der Waals surface area contributed by atoms with E-state index >= 15 is 0 Å². The van der Waals surface area contributed by atoms with Gasteiger partial charge in [-0.25, -0.2) is 4.98 Å². The second kappa shape index (κ2) is 4.91. The Morgan fingerprint density at radius 1 is 1.37 bits per heavy atom. The van der Waals surface area contributed by atoms with E-state index in [9.17, 15) is 0 Å². The molecule has 0 spiro atoms. The number of nitrogens with zero attached hydrogens (tertiary/aromatic N) is 2. The minimum atomic E-state index is -0.222. The van der Waals surface area contributed by atoms with Crippen LogP contribution in [0.3, 0.4) is 0 Å². The third-order valence-electron chi connectivity index (χ3n) is 4.10. The zero-order chi connectivity index (χ0) is 13.5. The van der Waals surface area contributed by atoms with Gasteiger partial charge in [0.2, 0.25) is 0 Å². The Balaban J connectivity index is 2.19. The lowest BCUT2D eigenvalue weighted by atomic mass is 9.98. The van der Waals surface area contributed by atoms with Gasteiger partial charge in [-0.05, 0) is 37.5 Å². The Hall–Kier alpha value is -0.870. The van der Waals surface area contributed by atoms with Crippen molar-refractivity contribution in [2.45, 2.75) is 51.1 Å². The maximum absolute atomic E-state index is 6.62. The van der Waals surface area contributed by atoms with Gasteiger partial charge in [0.05, 0.1) is 16.6 Å². The Labute approximate surface area is 122 Å². The van der Waals surface area contributed by atoms with Crippen LogP contribution in [-0.4, -0.2) is 9.55 Å². The second-order valence-electron chi connectivity index (χ2n) is 5.58. The Bertz CT molecular complexity index is 597. The third-order valence-corrected chi connectivity index (χ3v) is 4.59. The van der Waals surface area contributed by atoms with E-state index in [1.54, 1.807) is 0 Å². The molecule has 0 radical (unpaired) electrons. The van der Waals surface area contributed by atoms with Crippen LogP contribution in [0.15, 0.2) is 22.7 Å². The van der Waals surface area contributed by atoms with Crippen LogP contribution in [-0.2, 0) is 12.1 Å².